The van der Waals surface area contributed by atoms with Crippen LogP contribution in [0.4, 0.5) is 11.4 Å². The van der Waals surface area contributed by atoms with Crippen molar-refractivity contribution < 1.29 is 4.79 Å². The Labute approximate surface area is 95.7 Å². The smallest absolute Gasteiger partial charge is 0.221 e. The molecule has 1 rings (SSSR count). The quantitative estimate of drug-likeness (QED) is 0.645. The Balaban J connectivity index is 3.10. The molecule has 1 aromatic carbocycles. The Morgan fingerprint density at radius 1 is 1.64 bits per heavy atom. The number of hydrogen-bond acceptors (Lipinski definition) is 2. The van der Waals surface area contributed by atoms with Crippen molar-refractivity contribution in [3.05, 3.63) is 22.7 Å². The summed E-state index contributed by atoms with van der Waals surface area (Å²) < 4.78 is 0. The van der Waals surface area contributed by atoms with Gasteiger partial charge in [0.25, 0.3) is 0 Å². The van der Waals surface area contributed by atoms with Crippen LogP contribution in [-0.2, 0) is 10.1 Å². The average molecular weight is 278 g/mol. The first kappa shape index (κ1) is 11.3. The number of amides is 1. The van der Waals surface area contributed by atoms with Gasteiger partial charge in [0.15, 0.2) is 0 Å². The fraction of sp³-hybridized carbons (Fsp3) is 0.222. The monoisotopic (exact) mass is 276 g/mol. The van der Waals surface area contributed by atoms with Crippen LogP contribution in [-0.4, -0.2) is 5.91 Å². The van der Waals surface area contributed by atoms with E-state index < -0.39 is 0 Å². The number of hydrogen-bond donors (Lipinski definition) is 2. The summed E-state index contributed by atoms with van der Waals surface area (Å²) in [6.45, 7) is 1.42. The summed E-state index contributed by atoms with van der Waals surface area (Å²) in [7, 11) is 0. The number of halogens is 2. The van der Waals surface area contributed by atoms with Crippen LogP contribution in [0, 0.1) is 0 Å². The van der Waals surface area contributed by atoms with Gasteiger partial charge in [-0.25, -0.2) is 0 Å². The van der Waals surface area contributed by atoms with E-state index in [0.717, 1.165) is 5.56 Å². The van der Waals surface area contributed by atoms with E-state index in [-0.39, 0.29) is 5.91 Å². The van der Waals surface area contributed by atoms with Gasteiger partial charge in [0.2, 0.25) is 5.91 Å². The van der Waals surface area contributed by atoms with Crippen molar-refractivity contribution in [1.82, 2.24) is 0 Å². The fourth-order valence-corrected chi connectivity index (χ4v) is 1.76. The predicted octanol–water partition coefficient (Wildman–Crippen LogP) is 2.78. The van der Waals surface area contributed by atoms with E-state index in [1.54, 1.807) is 6.07 Å². The molecule has 0 aliphatic rings. The molecular weight excluding hydrogens is 267 g/mol. The van der Waals surface area contributed by atoms with E-state index in [1.807, 2.05) is 6.07 Å². The zero-order chi connectivity index (χ0) is 10.7. The molecule has 0 atom stereocenters. The van der Waals surface area contributed by atoms with Gasteiger partial charge in [-0.05, 0) is 11.6 Å². The first-order valence-corrected chi connectivity index (χ1v) is 5.46. The normalized spacial score (nSPS) is 9.93. The van der Waals surface area contributed by atoms with Crippen LogP contribution in [0.5, 0.6) is 0 Å². The summed E-state index contributed by atoms with van der Waals surface area (Å²) in [5.41, 5.74) is 7.70. The number of rotatable bonds is 2. The largest absolute Gasteiger partial charge is 0.397 e. The summed E-state index contributed by atoms with van der Waals surface area (Å²) in [6.07, 6.45) is 0. The van der Waals surface area contributed by atoms with Crippen molar-refractivity contribution in [2.45, 2.75) is 12.3 Å². The summed E-state index contributed by atoms with van der Waals surface area (Å²) >= 11 is 9.25. The minimum Gasteiger partial charge on any atom is -0.397 e. The molecule has 76 valence electrons. The molecule has 3 nitrogen and oxygen atoms in total. The molecule has 1 amide bonds. The zero-order valence-electron chi connectivity index (χ0n) is 7.60. The number of carbonyl (C=O) groups excluding carboxylic acids is 1. The predicted molar refractivity (Wildman–Crippen MR) is 62.8 cm³/mol. The standard InChI is InChI=1S/C9H10BrClN2O/c1-5(14)13-7-3-2-6(4-10)9(12)8(7)11/h2-3H,4,12H2,1H3,(H,13,14). The molecule has 0 bridgehead atoms. The molecule has 3 N–H and O–H groups in total. The van der Waals surface area contributed by atoms with Gasteiger partial charge in [-0.15, -0.1) is 0 Å². The number of nitrogen functional groups attached to an aromatic ring is 1. The second-order valence-corrected chi connectivity index (χ2v) is 3.75. The second-order valence-electron chi connectivity index (χ2n) is 2.81. The maximum absolute atomic E-state index is 10.8. The molecule has 0 saturated heterocycles. The number of carbonyl (C=O) groups is 1. The lowest BCUT2D eigenvalue weighted by Gasteiger charge is -2.09. The highest BCUT2D eigenvalue weighted by atomic mass is 79.9. The van der Waals surface area contributed by atoms with E-state index in [2.05, 4.69) is 21.2 Å². The zero-order valence-corrected chi connectivity index (χ0v) is 9.95. The molecule has 14 heavy (non-hydrogen) atoms. The van der Waals surface area contributed by atoms with Crippen molar-refractivity contribution in [3.8, 4) is 0 Å². The Morgan fingerprint density at radius 2 is 2.29 bits per heavy atom. The third-order valence-corrected chi connectivity index (χ3v) is 2.74. The van der Waals surface area contributed by atoms with Crippen molar-refractivity contribution in [2.75, 3.05) is 11.1 Å². The van der Waals surface area contributed by atoms with E-state index in [1.165, 1.54) is 6.92 Å². The van der Waals surface area contributed by atoms with Gasteiger partial charge in [-0.2, -0.15) is 0 Å². The Morgan fingerprint density at radius 3 is 2.79 bits per heavy atom. The lowest BCUT2D eigenvalue weighted by atomic mass is 10.2. The van der Waals surface area contributed by atoms with Crippen LogP contribution in [0.2, 0.25) is 5.02 Å². The lowest BCUT2D eigenvalue weighted by molar-refractivity contribution is -0.114. The number of anilines is 2. The molecule has 5 heteroatoms. The maximum atomic E-state index is 10.8. The summed E-state index contributed by atoms with van der Waals surface area (Å²) in [5.74, 6) is -0.169. The summed E-state index contributed by atoms with van der Waals surface area (Å²) in [4.78, 5) is 10.8. The highest BCUT2D eigenvalue weighted by Gasteiger charge is 2.08. The van der Waals surface area contributed by atoms with E-state index in [4.69, 9.17) is 17.3 Å². The van der Waals surface area contributed by atoms with Crippen LogP contribution >= 0.6 is 27.5 Å². The second kappa shape index (κ2) is 4.66. The van der Waals surface area contributed by atoms with Crippen LogP contribution in [0.1, 0.15) is 12.5 Å². The molecule has 0 spiro atoms. The van der Waals surface area contributed by atoms with Gasteiger partial charge in [0.1, 0.15) is 0 Å². The topological polar surface area (TPSA) is 55.1 Å². The van der Waals surface area contributed by atoms with Crippen molar-refractivity contribution in [2.24, 2.45) is 0 Å². The first-order chi connectivity index (χ1) is 6.56. The molecular formula is C9H10BrClN2O. The fourth-order valence-electron chi connectivity index (χ4n) is 1.04. The molecule has 0 unspecified atom stereocenters. The molecule has 0 aliphatic heterocycles. The number of alkyl halides is 1. The average Bonchev–Trinajstić information content (AvgIpc) is 2.13. The molecule has 0 heterocycles. The summed E-state index contributed by atoms with van der Waals surface area (Å²) in [6, 6.07) is 3.55. The van der Waals surface area contributed by atoms with E-state index in [9.17, 15) is 4.79 Å². The molecule has 0 saturated carbocycles. The van der Waals surface area contributed by atoms with Crippen LogP contribution in [0.25, 0.3) is 0 Å². The molecule has 0 radical (unpaired) electrons. The third-order valence-electron chi connectivity index (χ3n) is 1.72. The SMILES string of the molecule is CC(=O)Nc1ccc(CBr)c(N)c1Cl. The maximum Gasteiger partial charge on any atom is 0.221 e. The molecule has 1 aromatic rings. The highest BCUT2D eigenvalue weighted by Crippen LogP contribution is 2.32. The molecule has 0 aromatic heterocycles. The van der Waals surface area contributed by atoms with Crippen LogP contribution in [0.15, 0.2) is 12.1 Å². The highest BCUT2D eigenvalue weighted by molar-refractivity contribution is 9.08. The van der Waals surface area contributed by atoms with Crippen molar-refractivity contribution >= 4 is 44.8 Å². The van der Waals surface area contributed by atoms with Gasteiger partial charge in [0.05, 0.1) is 16.4 Å². The molecule has 0 aliphatic carbocycles. The van der Waals surface area contributed by atoms with Gasteiger partial charge >= 0.3 is 0 Å². The number of benzene rings is 1. The number of nitrogens with one attached hydrogen (secondary N) is 1. The van der Waals surface area contributed by atoms with Gasteiger partial charge < -0.3 is 11.1 Å². The van der Waals surface area contributed by atoms with E-state index >= 15 is 0 Å². The van der Waals surface area contributed by atoms with Crippen molar-refractivity contribution in [1.29, 1.82) is 0 Å². The van der Waals surface area contributed by atoms with Crippen LogP contribution < -0.4 is 11.1 Å². The van der Waals surface area contributed by atoms with E-state index in [0.29, 0.717) is 21.7 Å². The van der Waals surface area contributed by atoms with Gasteiger partial charge in [-0.3, -0.25) is 4.79 Å². The molecule has 0 fully saturated rings. The number of nitrogens with two attached hydrogens (primary N) is 1. The Kier molecular flexibility index (Phi) is 3.77. The van der Waals surface area contributed by atoms with Crippen LogP contribution in [0.3, 0.4) is 0 Å². The minimum atomic E-state index is -0.169. The first-order valence-electron chi connectivity index (χ1n) is 3.96. The van der Waals surface area contributed by atoms with Crippen molar-refractivity contribution in [3.63, 3.8) is 0 Å². The minimum absolute atomic E-state index is 0.169. The summed E-state index contributed by atoms with van der Waals surface area (Å²) in [5, 5.41) is 3.62. The lowest BCUT2D eigenvalue weighted by Crippen LogP contribution is -2.07. The third kappa shape index (κ3) is 2.39. The van der Waals surface area contributed by atoms with Gasteiger partial charge in [0, 0.05) is 12.3 Å². The Hall–Kier alpha value is -0.740. The Bertz CT molecular complexity index is 368. The van der Waals surface area contributed by atoms with Gasteiger partial charge in [-0.1, -0.05) is 33.6 Å².